The predicted octanol–water partition coefficient (Wildman–Crippen LogP) is 14.1. The van der Waals surface area contributed by atoms with Crippen LogP contribution < -0.4 is 0 Å². The molecule has 0 saturated heterocycles. The van der Waals surface area contributed by atoms with E-state index in [0.29, 0.717) is 0 Å². The van der Waals surface area contributed by atoms with Crippen LogP contribution in [0.2, 0.25) is 0 Å². The highest BCUT2D eigenvalue weighted by molar-refractivity contribution is 6.31. The summed E-state index contributed by atoms with van der Waals surface area (Å²) in [4.78, 5) is 15.1. The van der Waals surface area contributed by atoms with Gasteiger partial charge in [-0.3, -0.25) is 9.97 Å². The maximum absolute atomic E-state index is 5.53. The maximum Gasteiger partial charge on any atom is 0.0970 e. The van der Waals surface area contributed by atoms with Crippen molar-refractivity contribution in [1.82, 2.24) is 15.0 Å². The molecule has 0 aliphatic heterocycles. The Bertz CT molecular complexity index is 3530. The molecule has 0 amide bonds. The Labute approximate surface area is 322 Å². The van der Waals surface area contributed by atoms with Crippen molar-refractivity contribution < 1.29 is 0 Å². The molecule has 12 aromatic rings. The fourth-order valence-corrected chi connectivity index (χ4v) is 9.31. The predicted molar refractivity (Wildman–Crippen MR) is 236 cm³/mol. The first-order valence-corrected chi connectivity index (χ1v) is 19.1. The summed E-state index contributed by atoms with van der Waals surface area (Å²) < 4.78 is 0. The number of pyridine rings is 3. The van der Waals surface area contributed by atoms with Crippen LogP contribution in [0.1, 0.15) is 0 Å². The molecule has 3 nitrogen and oxygen atoms in total. The van der Waals surface area contributed by atoms with Gasteiger partial charge in [0.05, 0.1) is 22.2 Å². The lowest BCUT2D eigenvalue weighted by Crippen LogP contribution is -1.94. The van der Waals surface area contributed by atoms with Crippen molar-refractivity contribution in [3.8, 4) is 33.5 Å². The minimum atomic E-state index is 0.921. The first kappa shape index (κ1) is 30.9. The van der Waals surface area contributed by atoms with E-state index in [4.69, 9.17) is 15.0 Å². The van der Waals surface area contributed by atoms with Gasteiger partial charge in [0.1, 0.15) is 0 Å². The third-order valence-electron chi connectivity index (χ3n) is 11.7. The zero-order chi connectivity index (χ0) is 36.7. The number of fused-ring (bicyclic) bond motifs is 13. The molecule has 0 aliphatic rings. The number of hydrogen-bond acceptors (Lipinski definition) is 3. The molecule has 3 aromatic heterocycles. The Balaban J connectivity index is 1.09. The van der Waals surface area contributed by atoms with Crippen molar-refractivity contribution in [2.75, 3.05) is 0 Å². The summed E-state index contributed by atoms with van der Waals surface area (Å²) in [5, 5.41) is 15.5. The van der Waals surface area contributed by atoms with E-state index >= 15 is 0 Å². The Morgan fingerprint density at radius 1 is 0.286 bits per heavy atom. The van der Waals surface area contributed by atoms with Crippen LogP contribution in [0.3, 0.4) is 0 Å². The quantitative estimate of drug-likeness (QED) is 0.135. The summed E-state index contributed by atoms with van der Waals surface area (Å²) in [6.07, 6.45) is 3.78. The van der Waals surface area contributed by atoms with Gasteiger partial charge >= 0.3 is 0 Å². The lowest BCUT2D eigenvalue weighted by molar-refractivity contribution is 1.37. The Morgan fingerprint density at radius 3 is 1.48 bits per heavy atom. The minimum absolute atomic E-state index is 0.921. The summed E-state index contributed by atoms with van der Waals surface area (Å²) in [6, 6.07) is 63.5. The van der Waals surface area contributed by atoms with E-state index in [0.717, 1.165) is 49.5 Å². The van der Waals surface area contributed by atoms with Gasteiger partial charge < -0.3 is 0 Å². The molecule has 9 aromatic carbocycles. The number of rotatable bonds is 3. The number of nitrogens with zero attached hydrogens (tertiary/aromatic N) is 3. The van der Waals surface area contributed by atoms with Crippen LogP contribution in [-0.4, -0.2) is 15.0 Å². The molecule has 0 N–H and O–H groups in total. The highest BCUT2D eigenvalue weighted by Crippen LogP contribution is 2.46. The topological polar surface area (TPSA) is 38.7 Å². The summed E-state index contributed by atoms with van der Waals surface area (Å²) in [5.74, 6) is 0. The van der Waals surface area contributed by atoms with Gasteiger partial charge in [0.15, 0.2) is 0 Å². The van der Waals surface area contributed by atoms with Crippen molar-refractivity contribution in [2.45, 2.75) is 0 Å². The second-order valence-electron chi connectivity index (χ2n) is 14.6. The van der Waals surface area contributed by atoms with Gasteiger partial charge in [-0.2, -0.15) is 0 Å². The summed E-state index contributed by atoms with van der Waals surface area (Å²) >= 11 is 0. The van der Waals surface area contributed by atoms with Crippen LogP contribution in [0, 0.1) is 0 Å². The average Bonchev–Trinajstić information content (AvgIpc) is 3.27. The van der Waals surface area contributed by atoms with E-state index in [9.17, 15) is 0 Å². The molecule has 0 unspecified atom stereocenters. The minimum Gasteiger partial charge on any atom is -0.254 e. The largest absolute Gasteiger partial charge is 0.254 e. The standard InChI is InChI=1S/C53H31N3/c1-3-15-37-35(13-1)36-14-2-9-21-44(36)52-49(37)42-20-8-10-22-45(42)50(56-52)34-25-23-32(24-26-34)47-38-16-4-6-18-40(38)48(41-19-7-5-17-39(41)47)43-29-31-55-53-46(43)28-27-33-12-11-30-54-51(33)53/h1-31H. The lowest BCUT2D eigenvalue weighted by Gasteiger charge is -2.19. The van der Waals surface area contributed by atoms with Crippen LogP contribution >= 0.6 is 0 Å². The highest BCUT2D eigenvalue weighted by Gasteiger charge is 2.20. The molecule has 3 heteroatoms. The number of aromatic nitrogens is 3. The van der Waals surface area contributed by atoms with E-state index in [1.54, 1.807) is 0 Å². The first-order chi connectivity index (χ1) is 27.8. The third kappa shape index (κ3) is 4.43. The summed E-state index contributed by atoms with van der Waals surface area (Å²) in [7, 11) is 0. The van der Waals surface area contributed by atoms with Crippen molar-refractivity contribution >= 4 is 86.6 Å². The zero-order valence-electron chi connectivity index (χ0n) is 30.2. The van der Waals surface area contributed by atoms with E-state index < -0.39 is 0 Å². The summed E-state index contributed by atoms with van der Waals surface area (Å²) in [6.45, 7) is 0. The molecule has 0 saturated carbocycles. The average molecular weight is 710 g/mol. The van der Waals surface area contributed by atoms with Gasteiger partial charge in [-0.1, -0.05) is 164 Å². The van der Waals surface area contributed by atoms with Crippen LogP contribution in [-0.2, 0) is 0 Å². The Hall–Kier alpha value is -7.49. The molecular formula is C53H31N3. The monoisotopic (exact) mass is 709 g/mol. The Morgan fingerprint density at radius 2 is 0.804 bits per heavy atom. The van der Waals surface area contributed by atoms with Gasteiger partial charge in [-0.25, -0.2) is 4.98 Å². The SMILES string of the molecule is c1cnc2c(c1)ccc1c(-c3c4ccccc4c(-c4ccc(-c5nc6c7ccccc7c7ccccc7c6c6ccccc56)cc4)c4ccccc34)ccnc12. The van der Waals surface area contributed by atoms with Crippen LogP contribution in [0.25, 0.3) is 120 Å². The van der Waals surface area contributed by atoms with Crippen molar-refractivity contribution in [1.29, 1.82) is 0 Å². The van der Waals surface area contributed by atoms with Crippen molar-refractivity contribution in [3.63, 3.8) is 0 Å². The maximum atomic E-state index is 5.53. The number of benzene rings is 9. The van der Waals surface area contributed by atoms with Gasteiger partial charge in [0.2, 0.25) is 0 Å². The van der Waals surface area contributed by atoms with E-state index in [-0.39, 0.29) is 0 Å². The van der Waals surface area contributed by atoms with Crippen molar-refractivity contribution in [2.24, 2.45) is 0 Å². The smallest absolute Gasteiger partial charge is 0.0970 e. The molecule has 56 heavy (non-hydrogen) atoms. The van der Waals surface area contributed by atoms with Crippen LogP contribution in [0.4, 0.5) is 0 Å². The number of hydrogen-bond donors (Lipinski definition) is 0. The molecule has 0 fully saturated rings. The van der Waals surface area contributed by atoms with Gasteiger partial charge in [0, 0.05) is 44.9 Å². The molecule has 0 radical (unpaired) electrons. The molecule has 3 heterocycles. The summed E-state index contributed by atoms with van der Waals surface area (Å²) in [5.41, 5.74) is 9.75. The second kappa shape index (κ2) is 12.0. The van der Waals surface area contributed by atoms with Gasteiger partial charge in [0.25, 0.3) is 0 Å². The van der Waals surface area contributed by atoms with Crippen molar-refractivity contribution in [3.05, 3.63) is 188 Å². The molecule has 0 spiro atoms. The molecular weight excluding hydrogens is 679 g/mol. The van der Waals surface area contributed by atoms with E-state index in [2.05, 4.69) is 170 Å². The molecule has 0 aliphatic carbocycles. The Kier molecular flexibility index (Phi) is 6.63. The molecule has 258 valence electrons. The first-order valence-electron chi connectivity index (χ1n) is 19.1. The highest BCUT2D eigenvalue weighted by atomic mass is 14.7. The van der Waals surface area contributed by atoms with Crippen LogP contribution in [0.5, 0.6) is 0 Å². The van der Waals surface area contributed by atoms with E-state index in [1.165, 1.54) is 70.6 Å². The zero-order valence-corrected chi connectivity index (χ0v) is 30.2. The normalized spacial score (nSPS) is 11.9. The fraction of sp³-hybridized carbons (Fsp3) is 0. The fourth-order valence-electron chi connectivity index (χ4n) is 9.31. The molecule has 12 rings (SSSR count). The second-order valence-corrected chi connectivity index (χ2v) is 14.6. The van der Waals surface area contributed by atoms with Crippen LogP contribution in [0.15, 0.2) is 188 Å². The lowest BCUT2D eigenvalue weighted by atomic mass is 9.85. The molecule has 0 bridgehead atoms. The molecule has 0 atom stereocenters. The van der Waals surface area contributed by atoms with Gasteiger partial charge in [-0.05, 0) is 77.5 Å². The van der Waals surface area contributed by atoms with E-state index in [1.807, 2.05) is 18.5 Å². The third-order valence-corrected chi connectivity index (χ3v) is 11.7. The van der Waals surface area contributed by atoms with Gasteiger partial charge in [-0.15, -0.1) is 0 Å².